The highest BCUT2D eigenvalue weighted by Crippen LogP contribution is 2.30. The quantitative estimate of drug-likeness (QED) is 0.695. The van der Waals surface area contributed by atoms with Gasteiger partial charge in [-0.25, -0.2) is 0 Å². The zero-order chi connectivity index (χ0) is 12.0. The summed E-state index contributed by atoms with van der Waals surface area (Å²) < 4.78 is 0. The van der Waals surface area contributed by atoms with Crippen molar-refractivity contribution in [2.24, 2.45) is 17.8 Å². The molecule has 0 spiro atoms. The lowest BCUT2D eigenvalue weighted by Gasteiger charge is -2.26. The number of hydrogen-bond donors (Lipinski definition) is 1. The van der Waals surface area contributed by atoms with Crippen LogP contribution in [0.2, 0.25) is 0 Å². The summed E-state index contributed by atoms with van der Waals surface area (Å²) in [5.41, 5.74) is 1.61. The van der Waals surface area contributed by atoms with Gasteiger partial charge in [-0.1, -0.05) is 52.2 Å². The molecule has 1 N–H and O–H groups in total. The Morgan fingerprint density at radius 1 is 1.38 bits per heavy atom. The number of hydrogen-bond acceptors (Lipinski definition) is 1. The SMILES string of the molecule is CCNC/C(=C\C1CCCC(C)C1)C(C)C. The van der Waals surface area contributed by atoms with Crippen molar-refractivity contribution in [1.29, 1.82) is 0 Å². The monoisotopic (exact) mass is 223 g/mol. The van der Waals surface area contributed by atoms with E-state index in [2.05, 4.69) is 39.1 Å². The van der Waals surface area contributed by atoms with Gasteiger partial charge in [0.15, 0.2) is 0 Å². The smallest absolute Gasteiger partial charge is 0.0167 e. The van der Waals surface area contributed by atoms with Crippen LogP contribution in [0.1, 0.15) is 53.4 Å². The molecule has 1 rings (SSSR count). The van der Waals surface area contributed by atoms with Gasteiger partial charge in [-0.15, -0.1) is 0 Å². The predicted molar refractivity (Wildman–Crippen MR) is 72.6 cm³/mol. The highest BCUT2D eigenvalue weighted by atomic mass is 14.8. The van der Waals surface area contributed by atoms with Gasteiger partial charge in [0.05, 0.1) is 0 Å². The summed E-state index contributed by atoms with van der Waals surface area (Å²) in [6.07, 6.45) is 8.25. The van der Waals surface area contributed by atoms with Crippen molar-refractivity contribution < 1.29 is 0 Å². The molecule has 16 heavy (non-hydrogen) atoms. The maximum absolute atomic E-state index is 3.46. The molecule has 0 aliphatic heterocycles. The van der Waals surface area contributed by atoms with E-state index in [0.717, 1.165) is 24.9 Å². The van der Waals surface area contributed by atoms with Gasteiger partial charge < -0.3 is 5.32 Å². The summed E-state index contributed by atoms with van der Waals surface area (Å²) in [4.78, 5) is 0. The van der Waals surface area contributed by atoms with E-state index in [0.29, 0.717) is 5.92 Å². The average molecular weight is 223 g/mol. The van der Waals surface area contributed by atoms with Crippen LogP contribution in [0.15, 0.2) is 11.6 Å². The molecule has 0 aromatic carbocycles. The van der Waals surface area contributed by atoms with Crippen LogP contribution in [-0.2, 0) is 0 Å². The van der Waals surface area contributed by atoms with Gasteiger partial charge in [0.1, 0.15) is 0 Å². The third-order valence-corrected chi connectivity index (χ3v) is 3.75. The minimum Gasteiger partial charge on any atom is -0.313 e. The Morgan fingerprint density at radius 3 is 2.69 bits per heavy atom. The van der Waals surface area contributed by atoms with Gasteiger partial charge in [-0.05, 0) is 37.1 Å². The van der Waals surface area contributed by atoms with E-state index < -0.39 is 0 Å². The van der Waals surface area contributed by atoms with E-state index in [1.807, 2.05) is 0 Å². The second-order valence-corrected chi connectivity index (χ2v) is 5.71. The molecular formula is C15H29N. The Bertz CT molecular complexity index is 217. The van der Waals surface area contributed by atoms with Crippen LogP contribution in [0.4, 0.5) is 0 Å². The third-order valence-electron chi connectivity index (χ3n) is 3.75. The van der Waals surface area contributed by atoms with E-state index in [4.69, 9.17) is 0 Å². The molecule has 2 unspecified atom stereocenters. The zero-order valence-electron chi connectivity index (χ0n) is 11.6. The topological polar surface area (TPSA) is 12.0 Å². The molecule has 0 heterocycles. The van der Waals surface area contributed by atoms with Gasteiger partial charge >= 0.3 is 0 Å². The fourth-order valence-electron chi connectivity index (χ4n) is 2.66. The Balaban J connectivity index is 2.54. The minimum atomic E-state index is 0.691. The molecule has 0 amide bonds. The maximum Gasteiger partial charge on any atom is 0.0167 e. The second-order valence-electron chi connectivity index (χ2n) is 5.71. The lowest BCUT2D eigenvalue weighted by molar-refractivity contribution is 0.323. The summed E-state index contributed by atoms with van der Waals surface area (Å²) in [5.74, 6) is 2.47. The Kier molecular flexibility index (Phi) is 6.12. The first-order chi connectivity index (χ1) is 7.63. The van der Waals surface area contributed by atoms with Crippen molar-refractivity contribution in [3.05, 3.63) is 11.6 Å². The summed E-state index contributed by atoms with van der Waals surface area (Å²) in [6.45, 7) is 11.4. The number of nitrogens with one attached hydrogen (secondary N) is 1. The number of rotatable bonds is 5. The first-order valence-electron chi connectivity index (χ1n) is 7.04. The van der Waals surface area contributed by atoms with Crippen LogP contribution in [0.25, 0.3) is 0 Å². The fourth-order valence-corrected chi connectivity index (χ4v) is 2.66. The lowest BCUT2D eigenvalue weighted by Crippen LogP contribution is -2.20. The fraction of sp³-hybridized carbons (Fsp3) is 0.867. The normalized spacial score (nSPS) is 27.4. The van der Waals surface area contributed by atoms with Crippen LogP contribution in [0, 0.1) is 17.8 Å². The molecule has 1 aliphatic rings. The molecule has 1 heteroatoms. The van der Waals surface area contributed by atoms with Crippen LogP contribution in [-0.4, -0.2) is 13.1 Å². The summed E-state index contributed by atoms with van der Waals surface area (Å²) in [6, 6.07) is 0. The molecule has 1 saturated carbocycles. The largest absolute Gasteiger partial charge is 0.313 e. The van der Waals surface area contributed by atoms with Crippen molar-refractivity contribution in [3.63, 3.8) is 0 Å². The Morgan fingerprint density at radius 2 is 2.12 bits per heavy atom. The van der Waals surface area contributed by atoms with E-state index in [-0.39, 0.29) is 0 Å². The second kappa shape index (κ2) is 7.11. The first kappa shape index (κ1) is 13.8. The van der Waals surface area contributed by atoms with E-state index in [9.17, 15) is 0 Å². The van der Waals surface area contributed by atoms with Crippen LogP contribution in [0.5, 0.6) is 0 Å². The first-order valence-corrected chi connectivity index (χ1v) is 7.04. The molecule has 2 atom stereocenters. The molecule has 0 bridgehead atoms. The Labute approximate surface area is 102 Å². The van der Waals surface area contributed by atoms with Crippen molar-refractivity contribution in [3.8, 4) is 0 Å². The molecule has 1 aliphatic carbocycles. The van der Waals surface area contributed by atoms with Crippen molar-refractivity contribution in [2.45, 2.75) is 53.4 Å². The molecule has 94 valence electrons. The van der Waals surface area contributed by atoms with Crippen LogP contribution >= 0.6 is 0 Å². The van der Waals surface area contributed by atoms with Crippen molar-refractivity contribution in [1.82, 2.24) is 5.32 Å². The highest BCUT2D eigenvalue weighted by Gasteiger charge is 2.18. The minimum absolute atomic E-state index is 0.691. The molecular weight excluding hydrogens is 194 g/mol. The molecule has 0 saturated heterocycles. The predicted octanol–water partition coefficient (Wildman–Crippen LogP) is 4.00. The lowest BCUT2D eigenvalue weighted by atomic mass is 9.81. The summed E-state index contributed by atoms with van der Waals surface area (Å²) in [5, 5.41) is 3.46. The van der Waals surface area contributed by atoms with Gasteiger partial charge in [-0.2, -0.15) is 0 Å². The zero-order valence-corrected chi connectivity index (χ0v) is 11.6. The van der Waals surface area contributed by atoms with E-state index >= 15 is 0 Å². The maximum atomic E-state index is 3.46. The molecule has 0 radical (unpaired) electrons. The van der Waals surface area contributed by atoms with Crippen LogP contribution in [0.3, 0.4) is 0 Å². The van der Waals surface area contributed by atoms with Crippen molar-refractivity contribution in [2.75, 3.05) is 13.1 Å². The molecule has 0 aromatic rings. The van der Waals surface area contributed by atoms with E-state index in [1.54, 1.807) is 5.57 Å². The average Bonchev–Trinajstić information content (AvgIpc) is 2.24. The molecule has 1 nitrogen and oxygen atoms in total. The number of allylic oxidation sites excluding steroid dienone is 1. The van der Waals surface area contributed by atoms with E-state index in [1.165, 1.54) is 25.7 Å². The number of likely N-dealkylation sites (N-methyl/N-ethyl adjacent to an activating group) is 1. The summed E-state index contributed by atoms with van der Waals surface area (Å²) in [7, 11) is 0. The molecule has 0 aromatic heterocycles. The van der Waals surface area contributed by atoms with Crippen molar-refractivity contribution >= 4 is 0 Å². The third kappa shape index (κ3) is 4.69. The van der Waals surface area contributed by atoms with Gasteiger partial charge in [0.2, 0.25) is 0 Å². The Hall–Kier alpha value is -0.300. The van der Waals surface area contributed by atoms with Crippen LogP contribution < -0.4 is 5.32 Å². The molecule has 1 fully saturated rings. The summed E-state index contributed by atoms with van der Waals surface area (Å²) >= 11 is 0. The van der Waals surface area contributed by atoms with Gasteiger partial charge in [0, 0.05) is 6.54 Å². The van der Waals surface area contributed by atoms with Gasteiger partial charge in [-0.3, -0.25) is 0 Å². The van der Waals surface area contributed by atoms with Gasteiger partial charge in [0.25, 0.3) is 0 Å². The standard InChI is InChI=1S/C15H29N/c1-5-16-11-15(12(2)3)10-14-8-6-7-13(4)9-14/h10,12-14,16H,5-9,11H2,1-4H3/b15-10+. The highest BCUT2D eigenvalue weighted by molar-refractivity contribution is 5.09.